The molecule has 0 radical (unpaired) electrons. The minimum Gasteiger partial charge on any atom is -0.384 e. The van der Waals surface area contributed by atoms with Crippen molar-refractivity contribution >= 4 is 35.4 Å². The maximum atomic E-state index is 13.9. The van der Waals surface area contributed by atoms with Crippen LogP contribution < -0.4 is 21.5 Å². The van der Waals surface area contributed by atoms with Crippen molar-refractivity contribution in [3.8, 4) is 0 Å². The van der Waals surface area contributed by atoms with E-state index >= 15 is 0 Å². The first kappa shape index (κ1) is 32.8. The van der Waals surface area contributed by atoms with Crippen molar-refractivity contribution in [3.63, 3.8) is 0 Å². The lowest BCUT2D eigenvalue weighted by molar-refractivity contribution is -0.139. The van der Waals surface area contributed by atoms with Crippen LogP contribution in [0.25, 0.3) is 0 Å². The molecule has 232 valence electrons. The molecule has 1 saturated heterocycles. The fraction of sp³-hybridized carbons (Fsp3) is 0.353. The Kier molecular flexibility index (Phi) is 12.4. The first-order valence-corrected chi connectivity index (χ1v) is 16.2. The van der Waals surface area contributed by atoms with Crippen molar-refractivity contribution in [2.75, 3.05) is 13.1 Å². The quantitative estimate of drug-likeness (QED) is 0.0753. The van der Waals surface area contributed by atoms with Gasteiger partial charge in [0.05, 0.1) is 0 Å². The molecule has 2 amide bonds. The molecule has 10 heteroatoms. The first-order valence-electron chi connectivity index (χ1n) is 15.2. The van der Waals surface area contributed by atoms with E-state index in [-0.39, 0.29) is 17.6 Å². The molecular formula is C34H43N7O2S. The Bertz CT molecular complexity index is 1410. The summed E-state index contributed by atoms with van der Waals surface area (Å²) in [5.41, 5.74) is 16.3. The maximum absolute atomic E-state index is 13.9. The van der Waals surface area contributed by atoms with Crippen LogP contribution in [0.5, 0.6) is 0 Å². The van der Waals surface area contributed by atoms with E-state index in [9.17, 15) is 9.59 Å². The van der Waals surface area contributed by atoms with E-state index in [0.29, 0.717) is 49.6 Å². The number of likely N-dealkylation sites (tertiary alicyclic amines) is 1. The average molecular weight is 614 g/mol. The van der Waals surface area contributed by atoms with Crippen molar-refractivity contribution in [1.82, 2.24) is 14.9 Å². The van der Waals surface area contributed by atoms with Gasteiger partial charge < -0.3 is 21.7 Å². The molecule has 1 heterocycles. The van der Waals surface area contributed by atoms with Crippen molar-refractivity contribution in [3.05, 3.63) is 107 Å². The number of hydrogen-bond donors (Lipinski definition) is 5. The van der Waals surface area contributed by atoms with E-state index in [1.807, 2.05) is 54.6 Å². The highest BCUT2D eigenvalue weighted by atomic mass is 32.2. The van der Waals surface area contributed by atoms with Gasteiger partial charge in [0.25, 0.3) is 0 Å². The third-order valence-electron chi connectivity index (χ3n) is 7.66. The number of nitrogen functional groups attached to an aromatic ring is 1. The van der Waals surface area contributed by atoms with Crippen LogP contribution >= 0.6 is 11.9 Å². The summed E-state index contributed by atoms with van der Waals surface area (Å²) >= 11 is 1.48. The number of aliphatic imine (C=N–C) groups is 1. The molecular weight excluding hydrogens is 570 g/mol. The van der Waals surface area contributed by atoms with E-state index in [4.69, 9.17) is 16.9 Å². The predicted molar refractivity (Wildman–Crippen MR) is 179 cm³/mol. The highest BCUT2D eigenvalue weighted by Crippen LogP contribution is 2.22. The van der Waals surface area contributed by atoms with Crippen LogP contribution in [0, 0.1) is 5.41 Å². The molecule has 1 aliphatic heterocycles. The largest absolute Gasteiger partial charge is 0.384 e. The summed E-state index contributed by atoms with van der Waals surface area (Å²) in [5, 5.41) is 10.7. The number of unbranched alkanes of at least 4 members (excludes halogenated alkanes) is 1. The van der Waals surface area contributed by atoms with Gasteiger partial charge in [-0.05, 0) is 42.4 Å². The zero-order chi connectivity index (χ0) is 31.3. The van der Waals surface area contributed by atoms with Crippen molar-refractivity contribution in [1.29, 1.82) is 5.41 Å². The Labute approximate surface area is 264 Å². The molecule has 2 atom stereocenters. The number of rotatable bonds is 15. The maximum Gasteiger partial charge on any atom is 0.243 e. The summed E-state index contributed by atoms with van der Waals surface area (Å²) in [6, 6.07) is 24.1. The summed E-state index contributed by atoms with van der Waals surface area (Å²) in [6.45, 7) is 3.73. The van der Waals surface area contributed by atoms with Gasteiger partial charge in [0.1, 0.15) is 23.8 Å². The fourth-order valence-corrected chi connectivity index (χ4v) is 5.92. The van der Waals surface area contributed by atoms with Gasteiger partial charge in [-0.3, -0.25) is 24.7 Å². The van der Waals surface area contributed by atoms with E-state index in [2.05, 4.69) is 34.1 Å². The molecule has 3 aromatic carbocycles. The number of nitrogens with one attached hydrogen (secondary N) is 3. The second kappa shape index (κ2) is 16.6. The van der Waals surface area contributed by atoms with Gasteiger partial charge in [-0.1, -0.05) is 104 Å². The molecule has 0 aliphatic carbocycles. The molecule has 9 nitrogen and oxygen atoms in total. The zero-order valence-corrected chi connectivity index (χ0v) is 26.1. The van der Waals surface area contributed by atoms with Crippen LogP contribution in [0.1, 0.15) is 60.4 Å². The molecule has 1 aliphatic rings. The van der Waals surface area contributed by atoms with Gasteiger partial charge in [-0.15, -0.1) is 0 Å². The predicted octanol–water partition coefficient (Wildman–Crippen LogP) is 4.13. The van der Waals surface area contributed by atoms with Crippen molar-refractivity contribution in [2.24, 2.45) is 16.5 Å². The van der Waals surface area contributed by atoms with Gasteiger partial charge in [-0.25, -0.2) is 0 Å². The summed E-state index contributed by atoms with van der Waals surface area (Å²) in [5.74, 6) is 0.979. The van der Waals surface area contributed by atoms with Crippen molar-refractivity contribution in [2.45, 2.75) is 63.4 Å². The number of amides is 2. The van der Waals surface area contributed by atoms with Gasteiger partial charge in [0, 0.05) is 36.5 Å². The summed E-state index contributed by atoms with van der Waals surface area (Å²) in [4.78, 5) is 33.4. The van der Waals surface area contributed by atoms with Crippen LogP contribution in [-0.4, -0.2) is 53.6 Å². The number of carbonyl (C=O) groups excluding carboxylic acids is 2. The number of carbonyl (C=O) groups is 2. The molecule has 4 rings (SSSR count). The molecule has 0 saturated carbocycles. The number of amidine groups is 2. The molecule has 1 fully saturated rings. The molecule has 44 heavy (non-hydrogen) atoms. The van der Waals surface area contributed by atoms with Crippen LogP contribution in [0.3, 0.4) is 0 Å². The molecule has 2 unspecified atom stereocenters. The van der Waals surface area contributed by atoms with Crippen LogP contribution in [-0.2, 0) is 28.3 Å². The van der Waals surface area contributed by atoms with Gasteiger partial charge in [0.15, 0.2) is 0 Å². The fourth-order valence-electron chi connectivity index (χ4n) is 5.09. The minimum absolute atomic E-state index is 0.00275. The third kappa shape index (κ3) is 9.42. The topological polar surface area (TPSA) is 150 Å². The lowest BCUT2D eigenvalue weighted by Crippen LogP contribution is -2.52. The van der Waals surface area contributed by atoms with E-state index in [1.54, 1.807) is 17.0 Å². The minimum atomic E-state index is -0.530. The first-order chi connectivity index (χ1) is 21.4. The molecule has 7 N–H and O–H groups in total. The Morgan fingerprint density at radius 2 is 1.66 bits per heavy atom. The third-order valence-corrected chi connectivity index (χ3v) is 8.59. The number of nitrogens with two attached hydrogens (primary N) is 2. The van der Waals surface area contributed by atoms with Gasteiger partial charge in [-0.2, -0.15) is 0 Å². The Morgan fingerprint density at radius 1 is 0.977 bits per heavy atom. The summed E-state index contributed by atoms with van der Waals surface area (Å²) in [7, 11) is 0. The second-order valence-electron chi connectivity index (χ2n) is 11.0. The average Bonchev–Trinajstić information content (AvgIpc) is 3.54. The number of benzene rings is 3. The molecule has 0 bridgehead atoms. The highest BCUT2D eigenvalue weighted by molar-refractivity contribution is 7.96. The Morgan fingerprint density at radius 3 is 2.34 bits per heavy atom. The van der Waals surface area contributed by atoms with Gasteiger partial charge in [0.2, 0.25) is 11.8 Å². The molecule has 3 aromatic rings. The summed E-state index contributed by atoms with van der Waals surface area (Å²) < 4.78 is 3.39. The van der Waals surface area contributed by atoms with Crippen LogP contribution in [0.15, 0.2) is 83.9 Å². The van der Waals surface area contributed by atoms with Crippen molar-refractivity contribution < 1.29 is 9.59 Å². The highest BCUT2D eigenvalue weighted by Gasteiger charge is 2.37. The SMILES string of the molecule is CCCCN=C(N)c1ccc(CNC(=O)C2CCCN2C(=O)C(Cc2ccc(C(=N)N)cc2)NSCc2ccccc2)cc1. The molecule has 0 aromatic heterocycles. The standard InChI is InChI=1S/C34H43N7O2S/c1-2-3-19-38-32(37)28-17-13-25(14-18-28)22-39-33(42)30-10-7-20-41(30)34(43)29(40-44-23-26-8-5-4-6-9-26)21-24-11-15-27(16-12-24)31(35)36/h4-6,8-9,11-18,29-30,40H,2-3,7,10,19-23H2,1H3,(H3,35,36)(H2,37,38)(H,39,42). The normalized spacial score (nSPS) is 15.6. The smallest absolute Gasteiger partial charge is 0.243 e. The Balaban J connectivity index is 1.39. The zero-order valence-electron chi connectivity index (χ0n) is 25.3. The van der Waals surface area contributed by atoms with Gasteiger partial charge >= 0.3 is 0 Å². The van der Waals surface area contributed by atoms with E-state index in [0.717, 1.165) is 41.5 Å². The van der Waals surface area contributed by atoms with E-state index < -0.39 is 12.1 Å². The van der Waals surface area contributed by atoms with Crippen LogP contribution in [0.4, 0.5) is 0 Å². The molecule has 0 spiro atoms. The van der Waals surface area contributed by atoms with Crippen LogP contribution in [0.2, 0.25) is 0 Å². The van der Waals surface area contributed by atoms with E-state index in [1.165, 1.54) is 11.9 Å². The number of hydrogen-bond acceptors (Lipinski definition) is 6. The number of nitrogens with zero attached hydrogens (tertiary/aromatic N) is 2. The lowest BCUT2D eigenvalue weighted by Gasteiger charge is -2.29. The Hall–Kier alpha value is -4.15. The lowest BCUT2D eigenvalue weighted by atomic mass is 10.0. The second-order valence-corrected chi connectivity index (χ2v) is 11.8. The monoisotopic (exact) mass is 613 g/mol. The summed E-state index contributed by atoms with van der Waals surface area (Å²) in [6.07, 6.45) is 3.91.